The van der Waals surface area contributed by atoms with Crippen LogP contribution in [0, 0.1) is 13.8 Å². The van der Waals surface area contributed by atoms with Crippen molar-refractivity contribution in [3.63, 3.8) is 0 Å². The van der Waals surface area contributed by atoms with Crippen LogP contribution in [0.3, 0.4) is 0 Å². The molecule has 2 aromatic rings. The molecule has 1 aromatic heterocycles. The van der Waals surface area contributed by atoms with Crippen molar-refractivity contribution < 1.29 is 4.79 Å². The lowest BCUT2D eigenvalue weighted by atomic mass is 10.1. The fourth-order valence-corrected chi connectivity index (χ4v) is 1.49. The number of tetrazole rings is 1. The molecule has 1 amide bonds. The smallest absolute Gasteiger partial charge is 0.297 e. The van der Waals surface area contributed by atoms with Crippen LogP contribution in [0.15, 0.2) is 18.2 Å². The lowest BCUT2D eigenvalue weighted by molar-refractivity contribution is 0.101. The number of aryl methyl sites for hydroxylation is 2. The van der Waals surface area contributed by atoms with Gasteiger partial charge in [-0.2, -0.15) is 5.21 Å². The molecule has 2 N–H and O–H groups in total. The second kappa shape index (κ2) is 4.09. The maximum atomic E-state index is 11.6. The highest BCUT2D eigenvalue weighted by molar-refractivity contribution is 6.01. The quantitative estimate of drug-likeness (QED) is 0.788. The summed E-state index contributed by atoms with van der Waals surface area (Å²) in [6, 6.07) is 5.79. The Labute approximate surface area is 92.1 Å². The average molecular weight is 217 g/mol. The topological polar surface area (TPSA) is 83.6 Å². The maximum Gasteiger partial charge on any atom is 0.297 e. The standard InChI is InChI=1S/C10H11N5O/c1-6-3-7(2)5-8(4-6)11-10(16)9-12-14-15-13-9/h3-5H,1-2H3,(H,11,16)(H,12,13,14,15). The van der Waals surface area contributed by atoms with Crippen molar-refractivity contribution in [1.82, 2.24) is 20.6 Å². The normalized spacial score (nSPS) is 10.1. The summed E-state index contributed by atoms with van der Waals surface area (Å²) in [6.07, 6.45) is 0. The molecule has 0 atom stereocenters. The van der Waals surface area contributed by atoms with E-state index < -0.39 is 0 Å². The molecule has 6 nitrogen and oxygen atoms in total. The van der Waals surface area contributed by atoms with Gasteiger partial charge in [0.05, 0.1) is 0 Å². The molecule has 0 aliphatic carbocycles. The Morgan fingerprint density at radius 3 is 2.50 bits per heavy atom. The van der Waals surface area contributed by atoms with Gasteiger partial charge in [0.25, 0.3) is 11.7 Å². The first kappa shape index (κ1) is 10.3. The Kier molecular flexibility index (Phi) is 2.63. The van der Waals surface area contributed by atoms with Crippen molar-refractivity contribution in [3.05, 3.63) is 35.2 Å². The number of rotatable bonds is 2. The third kappa shape index (κ3) is 2.22. The van der Waals surface area contributed by atoms with E-state index in [1.54, 1.807) is 0 Å². The first-order valence-electron chi connectivity index (χ1n) is 4.78. The second-order valence-corrected chi connectivity index (χ2v) is 3.57. The van der Waals surface area contributed by atoms with Gasteiger partial charge in [0, 0.05) is 5.69 Å². The van der Waals surface area contributed by atoms with Gasteiger partial charge in [0.2, 0.25) is 0 Å². The molecule has 0 spiro atoms. The van der Waals surface area contributed by atoms with E-state index >= 15 is 0 Å². The third-order valence-corrected chi connectivity index (χ3v) is 2.03. The Balaban J connectivity index is 2.18. The van der Waals surface area contributed by atoms with Crippen LogP contribution in [-0.2, 0) is 0 Å². The number of nitrogens with zero attached hydrogens (tertiary/aromatic N) is 3. The second-order valence-electron chi connectivity index (χ2n) is 3.57. The van der Waals surface area contributed by atoms with Crippen molar-refractivity contribution in [2.75, 3.05) is 5.32 Å². The number of anilines is 1. The first-order valence-corrected chi connectivity index (χ1v) is 4.78. The van der Waals surface area contributed by atoms with Crippen LogP contribution in [0.1, 0.15) is 21.7 Å². The van der Waals surface area contributed by atoms with E-state index in [0.29, 0.717) is 0 Å². The molecule has 0 bridgehead atoms. The molecular formula is C10H11N5O. The largest absolute Gasteiger partial charge is 0.319 e. The molecule has 0 radical (unpaired) electrons. The van der Waals surface area contributed by atoms with Crippen LogP contribution in [0.5, 0.6) is 0 Å². The Morgan fingerprint density at radius 2 is 1.94 bits per heavy atom. The molecule has 1 aromatic carbocycles. The number of carbonyl (C=O) groups excluding carboxylic acids is 1. The van der Waals surface area contributed by atoms with E-state index in [1.807, 2.05) is 32.0 Å². The van der Waals surface area contributed by atoms with E-state index in [-0.39, 0.29) is 11.7 Å². The Hall–Kier alpha value is -2.24. The van der Waals surface area contributed by atoms with Gasteiger partial charge in [-0.3, -0.25) is 4.79 Å². The fourth-order valence-electron chi connectivity index (χ4n) is 1.49. The number of carbonyl (C=O) groups is 1. The van der Waals surface area contributed by atoms with Crippen LogP contribution in [-0.4, -0.2) is 26.5 Å². The summed E-state index contributed by atoms with van der Waals surface area (Å²) in [5.74, 6) is -0.349. The van der Waals surface area contributed by atoms with E-state index in [9.17, 15) is 4.79 Å². The van der Waals surface area contributed by atoms with Gasteiger partial charge in [0.1, 0.15) is 0 Å². The van der Waals surface area contributed by atoms with Gasteiger partial charge >= 0.3 is 0 Å². The van der Waals surface area contributed by atoms with Crippen molar-refractivity contribution in [2.45, 2.75) is 13.8 Å². The number of hydrogen-bond acceptors (Lipinski definition) is 4. The number of hydrogen-bond donors (Lipinski definition) is 2. The van der Waals surface area contributed by atoms with E-state index in [0.717, 1.165) is 16.8 Å². The van der Waals surface area contributed by atoms with Gasteiger partial charge in [-0.25, -0.2) is 0 Å². The van der Waals surface area contributed by atoms with Crippen LogP contribution < -0.4 is 5.32 Å². The van der Waals surface area contributed by atoms with Crippen molar-refractivity contribution in [1.29, 1.82) is 0 Å². The number of benzene rings is 1. The van der Waals surface area contributed by atoms with Crippen LogP contribution in [0.25, 0.3) is 0 Å². The fraction of sp³-hybridized carbons (Fsp3) is 0.200. The Bertz CT molecular complexity index is 486. The number of H-pyrrole nitrogens is 1. The van der Waals surface area contributed by atoms with Crippen LogP contribution >= 0.6 is 0 Å². The first-order chi connectivity index (χ1) is 7.65. The number of aromatic amines is 1. The number of aromatic nitrogens is 4. The lowest BCUT2D eigenvalue weighted by Gasteiger charge is -2.05. The van der Waals surface area contributed by atoms with E-state index in [1.165, 1.54) is 0 Å². The van der Waals surface area contributed by atoms with Crippen LogP contribution in [0.2, 0.25) is 0 Å². The number of amides is 1. The predicted molar refractivity (Wildman–Crippen MR) is 58.0 cm³/mol. The highest BCUT2D eigenvalue weighted by atomic mass is 16.2. The summed E-state index contributed by atoms with van der Waals surface area (Å²) >= 11 is 0. The number of nitrogens with one attached hydrogen (secondary N) is 2. The van der Waals surface area contributed by atoms with Gasteiger partial charge in [0.15, 0.2) is 0 Å². The zero-order valence-corrected chi connectivity index (χ0v) is 8.98. The molecule has 1 heterocycles. The van der Waals surface area contributed by atoms with E-state index in [4.69, 9.17) is 0 Å². The molecule has 0 saturated carbocycles. The Morgan fingerprint density at radius 1 is 1.25 bits per heavy atom. The van der Waals surface area contributed by atoms with Gasteiger partial charge in [-0.15, -0.1) is 10.2 Å². The summed E-state index contributed by atoms with van der Waals surface area (Å²) in [4.78, 5) is 11.6. The summed E-state index contributed by atoms with van der Waals surface area (Å²) < 4.78 is 0. The monoisotopic (exact) mass is 217 g/mol. The van der Waals surface area contributed by atoms with Crippen molar-refractivity contribution >= 4 is 11.6 Å². The zero-order chi connectivity index (χ0) is 11.5. The minimum Gasteiger partial charge on any atom is -0.319 e. The van der Waals surface area contributed by atoms with E-state index in [2.05, 4.69) is 25.9 Å². The van der Waals surface area contributed by atoms with Gasteiger partial charge in [-0.1, -0.05) is 6.07 Å². The molecule has 0 saturated heterocycles. The molecule has 82 valence electrons. The summed E-state index contributed by atoms with van der Waals surface area (Å²) in [6.45, 7) is 3.94. The molecule has 0 unspecified atom stereocenters. The molecule has 16 heavy (non-hydrogen) atoms. The maximum absolute atomic E-state index is 11.6. The summed E-state index contributed by atoms with van der Waals surface area (Å²) in [7, 11) is 0. The highest BCUT2D eigenvalue weighted by Gasteiger charge is 2.10. The SMILES string of the molecule is Cc1cc(C)cc(NC(=O)c2nn[nH]n2)c1. The van der Waals surface area contributed by atoms with Crippen molar-refractivity contribution in [3.8, 4) is 0 Å². The molecule has 6 heteroatoms. The minimum atomic E-state index is -0.376. The predicted octanol–water partition coefficient (Wildman–Crippen LogP) is 1.07. The zero-order valence-electron chi connectivity index (χ0n) is 8.98. The highest BCUT2D eigenvalue weighted by Crippen LogP contribution is 2.13. The molecule has 0 aliphatic rings. The minimum absolute atomic E-state index is 0.0270. The van der Waals surface area contributed by atoms with Crippen molar-refractivity contribution in [2.24, 2.45) is 0 Å². The van der Waals surface area contributed by atoms with Gasteiger partial charge in [-0.05, 0) is 42.3 Å². The average Bonchev–Trinajstić information content (AvgIpc) is 2.68. The molecule has 0 aliphatic heterocycles. The van der Waals surface area contributed by atoms with Gasteiger partial charge < -0.3 is 5.32 Å². The molecule has 2 rings (SSSR count). The summed E-state index contributed by atoms with van der Waals surface area (Å²) in [5.41, 5.74) is 2.90. The van der Waals surface area contributed by atoms with Crippen LogP contribution in [0.4, 0.5) is 5.69 Å². The molecular weight excluding hydrogens is 206 g/mol. The lowest BCUT2D eigenvalue weighted by Crippen LogP contribution is -2.14. The molecule has 0 fully saturated rings. The third-order valence-electron chi connectivity index (χ3n) is 2.03. The summed E-state index contributed by atoms with van der Waals surface area (Å²) in [5, 5.41) is 15.4.